The van der Waals surface area contributed by atoms with Crippen molar-refractivity contribution in [2.45, 2.75) is 17.8 Å². The van der Waals surface area contributed by atoms with Crippen molar-refractivity contribution in [1.29, 1.82) is 0 Å². The highest BCUT2D eigenvalue weighted by molar-refractivity contribution is 8.01. The second kappa shape index (κ2) is 6.63. The van der Waals surface area contributed by atoms with Crippen LogP contribution in [0.5, 0.6) is 0 Å². The topological polar surface area (TPSA) is 54.9 Å². The molecule has 0 bridgehead atoms. The number of nitrogens with zero attached hydrogens (tertiary/aromatic N) is 2. The van der Waals surface area contributed by atoms with E-state index in [1.54, 1.807) is 24.6 Å². The lowest BCUT2D eigenvalue weighted by molar-refractivity contribution is -0.118. The lowest BCUT2D eigenvalue weighted by atomic mass is 10.1. The second-order valence-electron chi connectivity index (χ2n) is 3.85. The Hall–Kier alpha value is -1.47. The van der Waals surface area contributed by atoms with Gasteiger partial charge in [-0.25, -0.2) is 4.39 Å². The second-order valence-corrected chi connectivity index (χ2v) is 5.91. The summed E-state index contributed by atoms with van der Waals surface area (Å²) >= 11 is 2.75. The molecule has 100 valence electrons. The summed E-state index contributed by atoms with van der Waals surface area (Å²) in [5.41, 5.74) is 3.09. The number of hydrogen-bond donors (Lipinski definition) is 1. The van der Waals surface area contributed by atoms with Gasteiger partial charge in [-0.3, -0.25) is 4.79 Å². The number of amides is 1. The SMILES string of the molecule is Cc1cc(CNC(=O)CSc2nncs2)ccc1F. The zero-order valence-electron chi connectivity index (χ0n) is 10.2. The van der Waals surface area contributed by atoms with E-state index in [4.69, 9.17) is 0 Å². The van der Waals surface area contributed by atoms with Crippen LogP contribution in [0, 0.1) is 12.7 Å². The Bertz CT molecular complexity index is 560. The van der Waals surface area contributed by atoms with E-state index >= 15 is 0 Å². The predicted molar refractivity (Wildman–Crippen MR) is 73.6 cm³/mol. The molecule has 7 heteroatoms. The minimum Gasteiger partial charge on any atom is -0.351 e. The molecule has 1 N–H and O–H groups in total. The van der Waals surface area contributed by atoms with E-state index in [1.165, 1.54) is 29.2 Å². The van der Waals surface area contributed by atoms with Crippen LogP contribution < -0.4 is 5.32 Å². The fourth-order valence-corrected chi connectivity index (χ4v) is 2.74. The van der Waals surface area contributed by atoms with Crippen molar-refractivity contribution in [3.63, 3.8) is 0 Å². The molecule has 0 aliphatic carbocycles. The van der Waals surface area contributed by atoms with Crippen LogP contribution in [0.2, 0.25) is 0 Å². The Labute approximate surface area is 118 Å². The van der Waals surface area contributed by atoms with Gasteiger partial charge >= 0.3 is 0 Å². The number of thioether (sulfide) groups is 1. The average molecular weight is 297 g/mol. The summed E-state index contributed by atoms with van der Waals surface area (Å²) in [5.74, 6) is -0.0147. The molecule has 1 aromatic heterocycles. The van der Waals surface area contributed by atoms with E-state index in [0.29, 0.717) is 17.9 Å². The summed E-state index contributed by atoms with van der Waals surface area (Å²) < 4.78 is 13.8. The van der Waals surface area contributed by atoms with Crippen LogP contribution >= 0.6 is 23.1 Å². The molecular weight excluding hydrogens is 285 g/mol. The minimum atomic E-state index is -0.234. The Morgan fingerprint density at radius 2 is 2.37 bits per heavy atom. The number of carbonyl (C=O) groups is 1. The summed E-state index contributed by atoms with van der Waals surface area (Å²) in [6, 6.07) is 4.81. The highest BCUT2D eigenvalue weighted by Crippen LogP contribution is 2.18. The molecule has 0 atom stereocenters. The lowest BCUT2D eigenvalue weighted by Gasteiger charge is -2.05. The van der Waals surface area contributed by atoms with Gasteiger partial charge in [0, 0.05) is 6.54 Å². The molecule has 0 radical (unpaired) electrons. The first-order valence-electron chi connectivity index (χ1n) is 5.56. The number of aryl methyl sites for hydroxylation is 1. The van der Waals surface area contributed by atoms with Crippen molar-refractivity contribution < 1.29 is 9.18 Å². The van der Waals surface area contributed by atoms with E-state index in [-0.39, 0.29) is 11.7 Å². The molecule has 0 aliphatic rings. The summed E-state index contributed by atoms with van der Waals surface area (Å²) in [7, 11) is 0. The number of benzene rings is 1. The van der Waals surface area contributed by atoms with Crippen molar-refractivity contribution in [2.24, 2.45) is 0 Å². The molecule has 0 spiro atoms. The standard InChI is InChI=1S/C12H12FN3OS2/c1-8-4-9(2-3-10(8)13)5-14-11(17)6-18-12-16-15-7-19-12/h2-4,7H,5-6H2,1H3,(H,14,17). The predicted octanol–water partition coefficient (Wildman–Crippen LogP) is 2.39. The van der Waals surface area contributed by atoms with Gasteiger partial charge in [-0.05, 0) is 24.1 Å². The third-order valence-corrected chi connectivity index (χ3v) is 4.24. The molecule has 2 rings (SSSR count). The van der Waals surface area contributed by atoms with Crippen LogP contribution in [0.4, 0.5) is 4.39 Å². The Morgan fingerprint density at radius 1 is 1.53 bits per heavy atom. The Balaban J connectivity index is 1.78. The van der Waals surface area contributed by atoms with Crippen LogP contribution in [0.1, 0.15) is 11.1 Å². The third kappa shape index (κ3) is 4.29. The molecule has 1 heterocycles. The maximum Gasteiger partial charge on any atom is 0.230 e. The monoisotopic (exact) mass is 297 g/mol. The maximum atomic E-state index is 13.1. The summed E-state index contributed by atoms with van der Waals surface area (Å²) in [6.45, 7) is 2.10. The molecule has 1 amide bonds. The van der Waals surface area contributed by atoms with Gasteiger partial charge < -0.3 is 5.32 Å². The molecule has 0 aliphatic heterocycles. The van der Waals surface area contributed by atoms with Crippen molar-refractivity contribution in [2.75, 3.05) is 5.75 Å². The molecule has 0 unspecified atom stereocenters. The number of rotatable bonds is 5. The average Bonchev–Trinajstić information content (AvgIpc) is 2.91. The zero-order chi connectivity index (χ0) is 13.7. The lowest BCUT2D eigenvalue weighted by Crippen LogP contribution is -2.24. The van der Waals surface area contributed by atoms with Gasteiger partial charge in [-0.2, -0.15) is 0 Å². The van der Waals surface area contributed by atoms with Gasteiger partial charge in [0.15, 0.2) is 4.34 Å². The van der Waals surface area contributed by atoms with Crippen molar-refractivity contribution in [1.82, 2.24) is 15.5 Å². The molecule has 4 nitrogen and oxygen atoms in total. The van der Waals surface area contributed by atoms with E-state index in [1.807, 2.05) is 0 Å². The molecule has 0 fully saturated rings. The van der Waals surface area contributed by atoms with E-state index in [0.717, 1.165) is 9.90 Å². The molecular formula is C12H12FN3OS2. The highest BCUT2D eigenvalue weighted by Gasteiger charge is 2.05. The van der Waals surface area contributed by atoms with Crippen molar-refractivity contribution in [3.8, 4) is 0 Å². The minimum absolute atomic E-state index is 0.0813. The summed E-state index contributed by atoms with van der Waals surface area (Å²) in [4.78, 5) is 11.6. The fraction of sp³-hybridized carbons (Fsp3) is 0.250. The zero-order valence-corrected chi connectivity index (χ0v) is 11.9. The van der Waals surface area contributed by atoms with Crippen LogP contribution in [-0.4, -0.2) is 21.9 Å². The van der Waals surface area contributed by atoms with E-state index in [9.17, 15) is 9.18 Å². The van der Waals surface area contributed by atoms with Crippen molar-refractivity contribution >= 4 is 29.0 Å². The summed E-state index contributed by atoms with van der Waals surface area (Å²) in [5, 5.41) is 10.3. The fourth-order valence-electron chi connectivity index (χ4n) is 1.42. The van der Waals surface area contributed by atoms with Gasteiger partial charge in [0.25, 0.3) is 0 Å². The van der Waals surface area contributed by atoms with Crippen LogP contribution in [0.15, 0.2) is 28.0 Å². The van der Waals surface area contributed by atoms with Crippen LogP contribution in [-0.2, 0) is 11.3 Å². The smallest absolute Gasteiger partial charge is 0.230 e. The molecule has 2 aromatic rings. The number of carbonyl (C=O) groups excluding carboxylic acids is 1. The van der Waals surface area contributed by atoms with Crippen LogP contribution in [0.3, 0.4) is 0 Å². The molecule has 0 saturated heterocycles. The molecule has 19 heavy (non-hydrogen) atoms. The Morgan fingerprint density at radius 3 is 3.05 bits per heavy atom. The Kier molecular flexibility index (Phi) is 4.86. The van der Waals surface area contributed by atoms with Gasteiger partial charge in [0.2, 0.25) is 5.91 Å². The van der Waals surface area contributed by atoms with Crippen molar-refractivity contribution in [3.05, 3.63) is 40.7 Å². The van der Waals surface area contributed by atoms with Gasteiger partial charge in [0.05, 0.1) is 5.75 Å². The van der Waals surface area contributed by atoms with E-state index < -0.39 is 0 Å². The van der Waals surface area contributed by atoms with Crippen LogP contribution in [0.25, 0.3) is 0 Å². The van der Waals surface area contributed by atoms with Gasteiger partial charge in [0.1, 0.15) is 11.3 Å². The largest absolute Gasteiger partial charge is 0.351 e. The number of hydrogen-bond acceptors (Lipinski definition) is 5. The quantitative estimate of drug-likeness (QED) is 0.861. The maximum absolute atomic E-state index is 13.1. The first-order valence-corrected chi connectivity index (χ1v) is 7.42. The van der Waals surface area contributed by atoms with E-state index in [2.05, 4.69) is 15.5 Å². The molecule has 0 saturated carbocycles. The normalized spacial score (nSPS) is 10.4. The number of nitrogens with one attached hydrogen (secondary N) is 1. The highest BCUT2D eigenvalue weighted by atomic mass is 32.2. The first-order chi connectivity index (χ1) is 9.15. The number of halogens is 1. The first kappa shape index (κ1) is 14.0. The van der Waals surface area contributed by atoms with Gasteiger partial charge in [-0.1, -0.05) is 35.2 Å². The number of aromatic nitrogens is 2. The van der Waals surface area contributed by atoms with Gasteiger partial charge in [-0.15, -0.1) is 10.2 Å². The summed E-state index contributed by atoms with van der Waals surface area (Å²) in [6.07, 6.45) is 0. The third-order valence-electron chi connectivity index (χ3n) is 2.38. The molecule has 1 aromatic carbocycles.